The average molecular weight is 349 g/mol. The molecule has 2 heterocycles. The number of rotatable bonds is 5. The minimum absolute atomic E-state index is 0.0359. The molecule has 1 aromatic heterocycles. The summed E-state index contributed by atoms with van der Waals surface area (Å²) in [6, 6.07) is 15.8. The second-order valence-electron chi connectivity index (χ2n) is 7.05. The van der Waals surface area contributed by atoms with Crippen LogP contribution in [0.3, 0.4) is 0 Å². The van der Waals surface area contributed by atoms with Crippen LogP contribution in [0.4, 0.5) is 5.69 Å². The zero-order valence-electron chi connectivity index (χ0n) is 14.9. The van der Waals surface area contributed by atoms with Gasteiger partial charge < -0.3 is 10.3 Å². The van der Waals surface area contributed by atoms with Gasteiger partial charge in [-0.25, -0.2) is 0 Å². The molecule has 0 amide bonds. The Kier molecular flexibility index (Phi) is 4.47. The van der Waals surface area contributed by atoms with Crippen molar-refractivity contribution in [1.29, 1.82) is 0 Å². The van der Waals surface area contributed by atoms with Gasteiger partial charge in [-0.3, -0.25) is 10.1 Å². The Bertz CT molecular complexity index is 930. The predicted octanol–water partition coefficient (Wildman–Crippen LogP) is 4.87. The molecular weight excluding hydrogens is 326 g/mol. The van der Waals surface area contributed by atoms with E-state index in [1.54, 1.807) is 12.1 Å². The largest absolute Gasteiger partial charge is 0.357 e. The number of hydrogen-bond donors (Lipinski definition) is 2. The number of aromatic amines is 1. The van der Waals surface area contributed by atoms with Crippen LogP contribution in [0.5, 0.6) is 0 Å². The molecule has 5 heteroatoms. The number of para-hydroxylation sites is 1. The molecule has 134 valence electrons. The number of aromatic nitrogens is 1. The van der Waals surface area contributed by atoms with Crippen molar-refractivity contribution in [2.24, 2.45) is 0 Å². The van der Waals surface area contributed by atoms with Gasteiger partial charge in [-0.15, -0.1) is 0 Å². The fourth-order valence-electron chi connectivity index (χ4n) is 4.00. The van der Waals surface area contributed by atoms with Gasteiger partial charge in [0.25, 0.3) is 5.69 Å². The summed E-state index contributed by atoms with van der Waals surface area (Å²) in [5, 5.41) is 16.0. The molecule has 4 rings (SSSR count). The Balaban J connectivity index is 1.76. The van der Waals surface area contributed by atoms with E-state index in [9.17, 15) is 10.1 Å². The van der Waals surface area contributed by atoms with E-state index >= 15 is 0 Å². The molecule has 0 saturated carbocycles. The van der Waals surface area contributed by atoms with Gasteiger partial charge >= 0.3 is 0 Å². The van der Waals surface area contributed by atoms with E-state index < -0.39 is 0 Å². The van der Waals surface area contributed by atoms with Crippen molar-refractivity contribution in [3.05, 3.63) is 75.5 Å². The molecule has 0 bridgehead atoms. The van der Waals surface area contributed by atoms with Crippen LogP contribution in [0.2, 0.25) is 0 Å². The van der Waals surface area contributed by atoms with Crippen molar-refractivity contribution in [2.75, 3.05) is 0 Å². The molecule has 2 atom stereocenters. The van der Waals surface area contributed by atoms with Crippen LogP contribution in [0.25, 0.3) is 10.9 Å². The van der Waals surface area contributed by atoms with Gasteiger partial charge in [0.05, 0.1) is 11.0 Å². The standard InChI is InChI=1S/C21H23N3O2/c1-2-3-6-15-13-18-17-7-4-5-8-19(17)23-21(18)20(22-15)14-9-11-16(12-10-14)24(25)26/h4-5,7-12,15,20,22-23H,2-3,6,13H2,1H3/t15-,20+/m0/s1. The zero-order valence-corrected chi connectivity index (χ0v) is 14.9. The van der Waals surface area contributed by atoms with Gasteiger partial charge in [-0.05, 0) is 30.0 Å². The predicted molar refractivity (Wildman–Crippen MR) is 103 cm³/mol. The number of benzene rings is 2. The third-order valence-corrected chi connectivity index (χ3v) is 5.33. The number of nitrogens with zero attached hydrogens (tertiary/aromatic N) is 1. The van der Waals surface area contributed by atoms with Gasteiger partial charge in [0.15, 0.2) is 0 Å². The highest BCUT2D eigenvalue weighted by Gasteiger charge is 2.30. The van der Waals surface area contributed by atoms with E-state index in [2.05, 4.69) is 35.4 Å². The van der Waals surface area contributed by atoms with Crippen molar-refractivity contribution in [3.63, 3.8) is 0 Å². The highest BCUT2D eigenvalue weighted by molar-refractivity contribution is 5.85. The van der Waals surface area contributed by atoms with E-state index in [4.69, 9.17) is 0 Å². The highest BCUT2D eigenvalue weighted by Crippen LogP contribution is 2.36. The molecule has 5 nitrogen and oxygen atoms in total. The van der Waals surface area contributed by atoms with E-state index in [-0.39, 0.29) is 16.7 Å². The third-order valence-electron chi connectivity index (χ3n) is 5.33. The van der Waals surface area contributed by atoms with Gasteiger partial charge in [-0.1, -0.05) is 50.1 Å². The summed E-state index contributed by atoms with van der Waals surface area (Å²) in [4.78, 5) is 14.2. The molecule has 0 radical (unpaired) electrons. The van der Waals surface area contributed by atoms with Crippen molar-refractivity contribution in [3.8, 4) is 0 Å². The first-order valence-corrected chi connectivity index (χ1v) is 9.27. The number of nitro benzene ring substituents is 1. The lowest BCUT2D eigenvalue weighted by molar-refractivity contribution is -0.384. The number of non-ortho nitro benzene ring substituents is 1. The SMILES string of the molecule is CCCC[C@H]1Cc2c([nH]c3ccccc23)[C@@H](c2ccc([N+](=O)[O-])cc2)N1. The Morgan fingerprint density at radius 3 is 2.65 bits per heavy atom. The minimum Gasteiger partial charge on any atom is -0.357 e. The molecule has 0 unspecified atom stereocenters. The summed E-state index contributed by atoms with van der Waals surface area (Å²) in [5.74, 6) is 0. The maximum absolute atomic E-state index is 11.0. The van der Waals surface area contributed by atoms with Crippen LogP contribution in [0.1, 0.15) is 49.0 Å². The minimum atomic E-state index is -0.351. The number of fused-ring (bicyclic) bond motifs is 3. The first-order valence-electron chi connectivity index (χ1n) is 9.27. The molecule has 1 aliphatic heterocycles. The molecule has 1 aliphatic rings. The summed E-state index contributed by atoms with van der Waals surface area (Å²) in [5.41, 5.74) is 4.91. The summed E-state index contributed by atoms with van der Waals surface area (Å²) in [7, 11) is 0. The molecule has 2 aromatic carbocycles. The van der Waals surface area contributed by atoms with E-state index in [1.165, 1.54) is 29.5 Å². The molecule has 0 spiro atoms. The summed E-state index contributed by atoms with van der Waals surface area (Å²) >= 11 is 0. The first-order chi connectivity index (χ1) is 12.7. The summed E-state index contributed by atoms with van der Waals surface area (Å²) in [6.07, 6.45) is 4.53. The lowest BCUT2D eigenvalue weighted by atomic mass is 9.88. The first kappa shape index (κ1) is 16.8. The van der Waals surface area contributed by atoms with Crippen molar-refractivity contribution in [2.45, 2.75) is 44.7 Å². The quantitative estimate of drug-likeness (QED) is 0.510. The Morgan fingerprint density at radius 1 is 1.15 bits per heavy atom. The fraction of sp³-hybridized carbons (Fsp3) is 0.333. The van der Waals surface area contributed by atoms with Crippen LogP contribution in [0, 0.1) is 10.1 Å². The average Bonchev–Trinajstić information content (AvgIpc) is 3.04. The van der Waals surface area contributed by atoms with Crippen molar-refractivity contribution in [1.82, 2.24) is 10.3 Å². The smallest absolute Gasteiger partial charge is 0.269 e. The van der Waals surface area contributed by atoms with Gasteiger partial charge in [0.2, 0.25) is 0 Å². The summed E-state index contributed by atoms with van der Waals surface area (Å²) < 4.78 is 0. The molecule has 0 aliphatic carbocycles. The third kappa shape index (κ3) is 2.99. The molecular formula is C21H23N3O2. The van der Waals surface area contributed by atoms with E-state index in [1.807, 2.05) is 18.2 Å². The Labute approximate surface area is 152 Å². The van der Waals surface area contributed by atoms with Crippen LogP contribution in [0.15, 0.2) is 48.5 Å². The van der Waals surface area contributed by atoms with Gasteiger partial charge in [0.1, 0.15) is 0 Å². The Morgan fingerprint density at radius 2 is 1.92 bits per heavy atom. The van der Waals surface area contributed by atoms with Crippen molar-refractivity contribution < 1.29 is 4.92 Å². The number of hydrogen-bond acceptors (Lipinski definition) is 3. The van der Waals surface area contributed by atoms with Crippen LogP contribution in [-0.4, -0.2) is 15.9 Å². The number of H-pyrrole nitrogens is 1. The maximum Gasteiger partial charge on any atom is 0.269 e. The van der Waals surface area contributed by atoms with Crippen LogP contribution >= 0.6 is 0 Å². The lowest BCUT2D eigenvalue weighted by Gasteiger charge is -2.32. The van der Waals surface area contributed by atoms with E-state index in [0.717, 1.165) is 23.9 Å². The van der Waals surface area contributed by atoms with Gasteiger partial charge in [0, 0.05) is 34.8 Å². The number of unbranched alkanes of at least 4 members (excludes halogenated alkanes) is 1. The molecule has 0 saturated heterocycles. The summed E-state index contributed by atoms with van der Waals surface area (Å²) in [6.45, 7) is 2.22. The molecule has 2 N–H and O–H groups in total. The monoisotopic (exact) mass is 349 g/mol. The van der Waals surface area contributed by atoms with Crippen LogP contribution in [-0.2, 0) is 6.42 Å². The van der Waals surface area contributed by atoms with Crippen molar-refractivity contribution >= 4 is 16.6 Å². The van der Waals surface area contributed by atoms with E-state index in [0.29, 0.717) is 6.04 Å². The second kappa shape index (κ2) is 6.92. The number of nitrogens with one attached hydrogen (secondary N) is 2. The fourth-order valence-corrected chi connectivity index (χ4v) is 4.00. The molecule has 0 fully saturated rings. The topological polar surface area (TPSA) is 71.0 Å². The number of nitro groups is 1. The van der Waals surface area contributed by atoms with Crippen LogP contribution < -0.4 is 5.32 Å². The molecule has 26 heavy (non-hydrogen) atoms. The lowest BCUT2D eigenvalue weighted by Crippen LogP contribution is -2.39. The molecule has 3 aromatic rings. The normalized spacial score (nSPS) is 19.4. The Hall–Kier alpha value is -2.66. The van der Waals surface area contributed by atoms with Gasteiger partial charge in [-0.2, -0.15) is 0 Å². The maximum atomic E-state index is 11.0. The zero-order chi connectivity index (χ0) is 18.1. The highest BCUT2D eigenvalue weighted by atomic mass is 16.6. The second-order valence-corrected chi connectivity index (χ2v) is 7.05.